The van der Waals surface area contributed by atoms with Crippen molar-refractivity contribution < 1.29 is 0 Å². The molecule has 1 N–H and O–H groups in total. The van der Waals surface area contributed by atoms with Crippen LogP contribution in [0.1, 0.15) is 83.5 Å². The van der Waals surface area contributed by atoms with E-state index in [1.54, 1.807) is 19.3 Å². The SMILES string of the molecule is N=NCCCCCCCCC12CCC(CC1)CC2. The van der Waals surface area contributed by atoms with Crippen LogP contribution in [-0.4, -0.2) is 6.54 Å². The van der Waals surface area contributed by atoms with Gasteiger partial charge < -0.3 is 0 Å². The van der Waals surface area contributed by atoms with Crippen molar-refractivity contribution in [3.8, 4) is 0 Å². The molecular formula is C16H30N2. The van der Waals surface area contributed by atoms with Crippen LogP contribution < -0.4 is 0 Å². The lowest BCUT2D eigenvalue weighted by Gasteiger charge is -2.47. The van der Waals surface area contributed by atoms with Gasteiger partial charge in [-0.1, -0.05) is 32.1 Å². The quantitative estimate of drug-likeness (QED) is 0.401. The first-order valence-electron chi connectivity index (χ1n) is 8.18. The van der Waals surface area contributed by atoms with Crippen molar-refractivity contribution in [3.63, 3.8) is 0 Å². The predicted molar refractivity (Wildman–Crippen MR) is 76.0 cm³/mol. The summed E-state index contributed by atoms with van der Waals surface area (Å²) in [7, 11) is 0. The Morgan fingerprint density at radius 2 is 1.39 bits per heavy atom. The summed E-state index contributed by atoms with van der Waals surface area (Å²) in [6.07, 6.45) is 18.8. The minimum absolute atomic E-state index is 0.740. The number of hydrogen-bond acceptors (Lipinski definition) is 2. The molecule has 2 nitrogen and oxygen atoms in total. The van der Waals surface area contributed by atoms with Crippen molar-refractivity contribution in [1.82, 2.24) is 0 Å². The Balaban J connectivity index is 1.49. The highest BCUT2D eigenvalue weighted by Crippen LogP contribution is 2.52. The van der Waals surface area contributed by atoms with E-state index < -0.39 is 0 Å². The second kappa shape index (κ2) is 7.25. The molecule has 3 aliphatic carbocycles. The molecule has 0 radical (unpaired) electrons. The van der Waals surface area contributed by atoms with Crippen LogP contribution in [0.2, 0.25) is 0 Å². The predicted octanol–water partition coefficient (Wildman–Crippen LogP) is 5.72. The minimum Gasteiger partial charge on any atom is -0.210 e. The molecule has 2 bridgehead atoms. The molecule has 2 heteroatoms. The minimum atomic E-state index is 0.740. The van der Waals surface area contributed by atoms with Crippen molar-refractivity contribution in [1.29, 1.82) is 5.53 Å². The van der Waals surface area contributed by atoms with Gasteiger partial charge in [-0.25, -0.2) is 5.53 Å². The Labute approximate surface area is 112 Å². The smallest absolute Gasteiger partial charge is 0.0596 e. The molecule has 3 rings (SSSR count). The molecule has 3 aliphatic rings. The fourth-order valence-corrected chi connectivity index (χ4v) is 4.11. The summed E-state index contributed by atoms with van der Waals surface area (Å²) in [6, 6.07) is 0. The number of fused-ring (bicyclic) bond motifs is 3. The van der Waals surface area contributed by atoms with Gasteiger partial charge in [-0.2, -0.15) is 5.11 Å². The Morgan fingerprint density at radius 3 is 2.00 bits per heavy atom. The van der Waals surface area contributed by atoms with E-state index in [-0.39, 0.29) is 0 Å². The van der Waals surface area contributed by atoms with Crippen molar-refractivity contribution in [2.75, 3.05) is 6.54 Å². The molecule has 3 fully saturated rings. The van der Waals surface area contributed by atoms with Crippen molar-refractivity contribution in [2.24, 2.45) is 16.4 Å². The Morgan fingerprint density at radius 1 is 0.833 bits per heavy atom. The molecule has 0 saturated heterocycles. The van der Waals surface area contributed by atoms with E-state index in [0.29, 0.717) is 0 Å². The van der Waals surface area contributed by atoms with Gasteiger partial charge in [-0.15, -0.1) is 0 Å². The van der Waals surface area contributed by atoms with Gasteiger partial charge in [0.2, 0.25) is 0 Å². The number of hydrogen-bond donors (Lipinski definition) is 1. The fraction of sp³-hybridized carbons (Fsp3) is 1.00. The lowest BCUT2D eigenvalue weighted by Crippen LogP contribution is -2.33. The lowest BCUT2D eigenvalue weighted by molar-refractivity contribution is 0.0540. The summed E-state index contributed by atoms with van der Waals surface area (Å²) in [6.45, 7) is 0.740. The zero-order valence-corrected chi connectivity index (χ0v) is 11.9. The van der Waals surface area contributed by atoms with Gasteiger partial charge in [0.25, 0.3) is 0 Å². The number of nitrogens with zero attached hydrogens (tertiary/aromatic N) is 1. The summed E-state index contributed by atoms with van der Waals surface area (Å²) in [5, 5.41) is 3.41. The standard InChI is InChI=1S/C16H30N2/c17-18-14-6-4-2-1-3-5-10-16-11-7-15(8-12-16)9-13-16/h15,17H,1-14H2. The zero-order valence-electron chi connectivity index (χ0n) is 11.9. The number of nitrogens with one attached hydrogen (secondary N) is 1. The summed E-state index contributed by atoms with van der Waals surface area (Å²) < 4.78 is 0. The monoisotopic (exact) mass is 250 g/mol. The molecule has 0 heterocycles. The van der Waals surface area contributed by atoms with Gasteiger partial charge in [0, 0.05) is 0 Å². The van der Waals surface area contributed by atoms with Crippen LogP contribution in [0, 0.1) is 16.9 Å². The summed E-state index contributed by atoms with van der Waals surface area (Å²) in [5.41, 5.74) is 7.52. The van der Waals surface area contributed by atoms with Gasteiger partial charge in [-0.3, -0.25) is 0 Å². The highest BCUT2D eigenvalue weighted by molar-refractivity contribution is 4.91. The first-order chi connectivity index (χ1) is 8.85. The van der Waals surface area contributed by atoms with Gasteiger partial charge in [-0.05, 0) is 62.7 Å². The molecule has 18 heavy (non-hydrogen) atoms. The number of rotatable bonds is 9. The topological polar surface area (TPSA) is 36.2 Å². The van der Waals surface area contributed by atoms with Gasteiger partial charge in [0.1, 0.15) is 0 Å². The van der Waals surface area contributed by atoms with Crippen molar-refractivity contribution >= 4 is 0 Å². The van der Waals surface area contributed by atoms with Gasteiger partial charge in [0.15, 0.2) is 0 Å². The Bertz CT molecular complexity index is 228. The summed E-state index contributed by atoms with van der Waals surface area (Å²) >= 11 is 0. The highest BCUT2D eigenvalue weighted by Gasteiger charge is 2.39. The van der Waals surface area contributed by atoms with Crippen LogP contribution in [0.3, 0.4) is 0 Å². The lowest BCUT2D eigenvalue weighted by atomic mass is 9.59. The zero-order chi connectivity index (χ0) is 12.7. The Kier molecular flexibility index (Phi) is 5.65. The Hall–Kier alpha value is -0.400. The van der Waals surface area contributed by atoms with Crippen LogP contribution in [0.25, 0.3) is 0 Å². The second-order valence-electron chi connectivity index (χ2n) is 6.74. The first kappa shape index (κ1) is 14.0. The van der Waals surface area contributed by atoms with E-state index in [0.717, 1.165) is 24.3 Å². The van der Waals surface area contributed by atoms with E-state index in [1.165, 1.54) is 57.8 Å². The highest BCUT2D eigenvalue weighted by atomic mass is 14.9. The third kappa shape index (κ3) is 4.07. The third-order valence-electron chi connectivity index (χ3n) is 5.48. The molecule has 0 aromatic carbocycles. The molecule has 0 atom stereocenters. The normalized spacial score (nSPS) is 30.6. The summed E-state index contributed by atoms with van der Waals surface area (Å²) in [4.78, 5) is 0. The maximum atomic E-state index is 6.73. The van der Waals surface area contributed by atoms with Crippen LogP contribution >= 0.6 is 0 Å². The maximum Gasteiger partial charge on any atom is 0.0596 e. The van der Waals surface area contributed by atoms with E-state index in [1.807, 2.05) is 0 Å². The van der Waals surface area contributed by atoms with E-state index >= 15 is 0 Å². The van der Waals surface area contributed by atoms with Crippen LogP contribution in [-0.2, 0) is 0 Å². The van der Waals surface area contributed by atoms with Crippen LogP contribution in [0.5, 0.6) is 0 Å². The molecule has 0 spiro atoms. The molecular weight excluding hydrogens is 220 g/mol. The van der Waals surface area contributed by atoms with Crippen molar-refractivity contribution in [2.45, 2.75) is 83.5 Å². The third-order valence-corrected chi connectivity index (χ3v) is 5.48. The second-order valence-corrected chi connectivity index (χ2v) is 6.74. The van der Waals surface area contributed by atoms with E-state index in [2.05, 4.69) is 5.11 Å². The van der Waals surface area contributed by atoms with E-state index in [4.69, 9.17) is 5.53 Å². The molecule has 3 saturated carbocycles. The fourth-order valence-electron chi connectivity index (χ4n) is 4.11. The van der Waals surface area contributed by atoms with E-state index in [9.17, 15) is 0 Å². The average molecular weight is 250 g/mol. The van der Waals surface area contributed by atoms with Crippen molar-refractivity contribution in [3.05, 3.63) is 0 Å². The molecule has 104 valence electrons. The van der Waals surface area contributed by atoms with Crippen LogP contribution in [0.4, 0.5) is 0 Å². The largest absolute Gasteiger partial charge is 0.210 e. The molecule has 0 aromatic heterocycles. The molecule has 0 aliphatic heterocycles. The molecule has 0 aromatic rings. The number of unbranched alkanes of at least 4 members (excludes halogenated alkanes) is 5. The maximum absolute atomic E-state index is 6.73. The van der Waals surface area contributed by atoms with Gasteiger partial charge in [0.05, 0.1) is 6.54 Å². The summed E-state index contributed by atoms with van der Waals surface area (Å²) in [5.74, 6) is 1.11. The molecule has 0 unspecified atom stereocenters. The molecule has 0 amide bonds. The average Bonchev–Trinajstić information content (AvgIpc) is 2.44. The van der Waals surface area contributed by atoms with Gasteiger partial charge >= 0.3 is 0 Å². The van der Waals surface area contributed by atoms with Crippen LogP contribution in [0.15, 0.2) is 5.11 Å². The first-order valence-corrected chi connectivity index (χ1v) is 8.18.